The van der Waals surface area contributed by atoms with Crippen LogP contribution in [-0.2, 0) is 6.42 Å². The van der Waals surface area contributed by atoms with Crippen LogP contribution in [0.25, 0.3) is 0 Å². The first-order valence-corrected chi connectivity index (χ1v) is 4.12. The molecular weight excluding hydrogens is 188 g/mol. The van der Waals surface area contributed by atoms with Gasteiger partial charge in [0.1, 0.15) is 5.75 Å². The third-order valence-corrected chi connectivity index (χ3v) is 1.87. The van der Waals surface area contributed by atoms with E-state index in [0.29, 0.717) is 5.56 Å². The van der Waals surface area contributed by atoms with Crippen LogP contribution in [-0.4, -0.2) is 5.11 Å². The summed E-state index contributed by atoms with van der Waals surface area (Å²) in [6.07, 6.45) is -2.13. The average Bonchev–Trinajstić information content (AvgIpc) is 2.15. The Labute approximate surface area is 80.4 Å². The average molecular weight is 197 g/mol. The molecule has 74 valence electrons. The molecule has 0 aliphatic rings. The predicted octanol–water partition coefficient (Wildman–Crippen LogP) is 2.79. The third kappa shape index (κ3) is 2.43. The highest BCUT2D eigenvalue weighted by atomic mass is 19.3. The Morgan fingerprint density at radius 1 is 1.43 bits per heavy atom. The molecule has 0 aliphatic carbocycles. The lowest BCUT2D eigenvalue weighted by Crippen LogP contribution is -1.94. The van der Waals surface area contributed by atoms with Crippen LogP contribution in [0.4, 0.5) is 8.78 Å². The van der Waals surface area contributed by atoms with E-state index in [9.17, 15) is 8.78 Å². The van der Waals surface area contributed by atoms with Gasteiger partial charge in [0.2, 0.25) is 0 Å². The van der Waals surface area contributed by atoms with Crippen molar-refractivity contribution < 1.29 is 13.9 Å². The topological polar surface area (TPSA) is 44.0 Å². The molecule has 0 heterocycles. The highest BCUT2D eigenvalue weighted by Gasteiger charge is 2.13. The maximum atomic E-state index is 12.4. The fourth-order valence-corrected chi connectivity index (χ4v) is 1.20. The first kappa shape index (κ1) is 10.5. The molecule has 0 saturated carbocycles. The quantitative estimate of drug-likeness (QED) is 0.809. The summed E-state index contributed by atoms with van der Waals surface area (Å²) < 4.78 is 24.9. The number of aromatic hydroxyl groups is 1. The molecule has 4 heteroatoms. The van der Waals surface area contributed by atoms with Crippen molar-refractivity contribution in [2.75, 3.05) is 0 Å². The van der Waals surface area contributed by atoms with Gasteiger partial charge in [0, 0.05) is 12.0 Å². The number of hydrogen-bond acceptors (Lipinski definition) is 2. The van der Waals surface area contributed by atoms with Gasteiger partial charge in [-0.1, -0.05) is 6.07 Å². The molecule has 0 amide bonds. The Bertz CT molecular complexity index is 358. The zero-order valence-electron chi connectivity index (χ0n) is 7.37. The van der Waals surface area contributed by atoms with Crippen LogP contribution >= 0.6 is 0 Å². The number of hydrogen-bond donors (Lipinski definition) is 1. The molecular formula is C10H9F2NO. The van der Waals surface area contributed by atoms with Crippen molar-refractivity contribution in [2.24, 2.45) is 0 Å². The van der Waals surface area contributed by atoms with Gasteiger partial charge < -0.3 is 5.11 Å². The van der Waals surface area contributed by atoms with E-state index in [4.69, 9.17) is 10.4 Å². The van der Waals surface area contributed by atoms with Crippen molar-refractivity contribution in [1.82, 2.24) is 0 Å². The number of phenolic OH excluding ortho intramolecular Hbond substituents is 1. The lowest BCUT2D eigenvalue weighted by molar-refractivity contribution is 0.150. The van der Waals surface area contributed by atoms with Crippen LogP contribution in [0.2, 0.25) is 0 Å². The molecule has 1 aromatic carbocycles. The predicted molar refractivity (Wildman–Crippen MR) is 47.0 cm³/mol. The minimum absolute atomic E-state index is 0.180. The van der Waals surface area contributed by atoms with Gasteiger partial charge in [-0.3, -0.25) is 0 Å². The fourth-order valence-electron chi connectivity index (χ4n) is 1.20. The standard InChI is InChI=1S/C10H9F2NO/c11-10(12)9-6-8(14)4-3-7(9)2-1-5-13/h3-4,6,10,14H,1-2H2. The number of nitriles is 1. The molecule has 0 spiro atoms. The summed E-state index contributed by atoms with van der Waals surface area (Å²) in [7, 11) is 0. The van der Waals surface area contributed by atoms with Crippen LogP contribution in [0, 0.1) is 11.3 Å². The van der Waals surface area contributed by atoms with Crippen molar-refractivity contribution in [2.45, 2.75) is 19.3 Å². The van der Waals surface area contributed by atoms with E-state index in [-0.39, 0.29) is 24.2 Å². The zero-order valence-corrected chi connectivity index (χ0v) is 7.37. The van der Waals surface area contributed by atoms with E-state index in [1.807, 2.05) is 6.07 Å². The van der Waals surface area contributed by atoms with Gasteiger partial charge in [0.25, 0.3) is 6.43 Å². The Kier molecular flexibility index (Phi) is 3.41. The summed E-state index contributed by atoms with van der Waals surface area (Å²) in [4.78, 5) is 0. The van der Waals surface area contributed by atoms with E-state index >= 15 is 0 Å². The van der Waals surface area contributed by atoms with Crippen LogP contribution in [0.3, 0.4) is 0 Å². The van der Waals surface area contributed by atoms with Gasteiger partial charge in [-0.25, -0.2) is 8.78 Å². The Morgan fingerprint density at radius 2 is 2.14 bits per heavy atom. The van der Waals surface area contributed by atoms with Crippen LogP contribution < -0.4 is 0 Å². The van der Waals surface area contributed by atoms with Gasteiger partial charge in [0.15, 0.2) is 0 Å². The molecule has 0 aliphatic heterocycles. The molecule has 0 fully saturated rings. The molecule has 1 rings (SSSR count). The second-order valence-electron chi connectivity index (χ2n) is 2.84. The smallest absolute Gasteiger partial charge is 0.264 e. The van der Waals surface area contributed by atoms with E-state index in [1.54, 1.807) is 0 Å². The molecule has 0 atom stereocenters. The normalized spacial score (nSPS) is 10.1. The van der Waals surface area contributed by atoms with Gasteiger partial charge in [-0.05, 0) is 24.1 Å². The number of nitrogens with zero attached hydrogens (tertiary/aromatic N) is 1. The number of benzene rings is 1. The molecule has 0 radical (unpaired) electrons. The van der Waals surface area contributed by atoms with E-state index in [1.165, 1.54) is 12.1 Å². The Balaban J connectivity index is 2.97. The second kappa shape index (κ2) is 4.56. The number of phenols is 1. The third-order valence-electron chi connectivity index (χ3n) is 1.87. The van der Waals surface area contributed by atoms with Gasteiger partial charge in [-0.15, -0.1) is 0 Å². The molecule has 14 heavy (non-hydrogen) atoms. The molecule has 1 aromatic rings. The molecule has 0 bridgehead atoms. The Hall–Kier alpha value is -1.63. The highest BCUT2D eigenvalue weighted by molar-refractivity contribution is 5.36. The number of rotatable bonds is 3. The van der Waals surface area contributed by atoms with E-state index in [0.717, 1.165) is 6.07 Å². The lowest BCUT2D eigenvalue weighted by atomic mass is 10.0. The summed E-state index contributed by atoms with van der Waals surface area (Å²) in [6, 6.07) is 5.70. The molecule has 0 aromatic heterocycles. The number of aryl methyl sites for hydroxylation is 1. The zero-order chi connectivity index (χ0) is 10.6. The minimum atomic E-state index is -2.62. The van der Waals surface area contributed by atoms with Crippen LogP contribution in [0.15, 0.2) is 18.2 Å². The SMILES string of the molecule is N#CCCc1ccc(O)cc1C(F)F. The summed E-state index contributed by atoms with van der Waals surface area (Å²) in [5.41, 5.74) is 0.222. The van der Waals surface area contributed by atoms with E-state index in [2.05, 4.69) is 0 Å². The van der Waals surface area contributed by atoms with Crippen molar-refractivity contribution in [1.29, 1.82) is 5.26 Å². The van der Waals surface area contributed by atoms with Crippen molar-refractivity contribution in [3.63, 3.8) is 0 Å². The van der Waals surface area contributed by atoms with Gasteiger partial charge in [0.05, 0.1) is 6.07 Å². The minimum Gasteiger partial charge on any atom is -0.508 e. The fraction of sp³-hybridized carbons (Fsp3) is 0.300. The maximum Gasteiger partial charge on any atom is 0.264 e. The summed E-state index contributed by atoms with van der Waals surface area (Å²) >= 11 is 0. The highest BCUT2D eigenvalue weighted by Crippen LogP contribution is 2.27. The molecule has 1 N–H and O–H groups in total. The van der Waals surface area contributed by atoms with Crippen molar-refractivity contribution in [3.05, 3.63) is 29.3 Å². The van der Waals surface area contributed by atoms with Crippen LogP contribution in [0.5, 0.6) is 5.75 Å². The van der Waals surface area contributed by atoms with Gasteiger partial charge >= 0.3 is 0 Å². The molecule has 0 unspecified atom stereocenters. The maximum absolute atomic E-state index is 12.4. The van der Waals surface area contributed by atoms with Crippen LogP contribution in [0.1, 0.15) is 24.0 Å². The summed E-state index contributed by atoms with van der Waals surface area (Å²) in [5.74, 6) is -0.180. The lowest BCUT2D eigenvalue weighted by Gasteiger charge is -2.07. The van der Waals surface area contributed by atoms with Crippen molar-refractivity contribution >= 4 is 0 Å². The number of alkyl halides is 2. The number of halogens is 2. The monoisotopic (exact) mass is 197 g/mol. The van der Waals surface area contributed by atoms with E-state index < -0.39 is 6.43 Å². The Morgan fingerprint density at radius 3 is 2.71 bits per heavy atom. The molecule has 0 saturated heterocycles. The van der Waals surface area contributed by atoms with Crippen molar-refractivity contribution in [3.8, 4) is 11.8 Å². The second-order valence-corrected chi connectivity index (χ2v) is 2.84. The summed E-state index contributed by atoms with van der Waals surface area (Å²) in [5, 5.41) is 17.3. The first-order valence-electron chi connectivity index (χ1n) is 4.12. The largest absolute Gasteiger partial charge is 0.508 e. The molecule has 2 nitrogen and oxygen atoms in total. The summed E-state index contributed by atoms with van der Waals surface area (Å²) in [6.45, 7) is 0. The van der Waals surface area contributed by atoms with Gasteiger partial charge in [-0.2, -0.15) is 5.26 Å². The first-order chi connectivity index (χ1) is 6.65.